The highest BCUT2D eigenvalue weighted by atomic mass is 79.9. The summed E-state index contributed by atoms with van der Waals surface area (Å²) in [6, 6.07) is 5.90. The van der Waals surface area contributed by atoms with Crippen LogP contribution in [0.3, 0.4) is 0 Å². The highest BCUT2D eigenvalue weighted by Gasteiger charge is 2.23. The van der Waals surface area contributed by atoms with Gasteiger partial charge in [-0.3, -0.25) is 0 Å². The van der Waals surface area contributed by atoms with Crippen molar-refractivity contribution in [3.63, 3.8) is 0 Å². The van der Waals surface area contributed by atoms with E-state index in [1.54, 1.807) is 6.07 Å². The van der Waals surface area contributed by atoms with Crippen molar-refractivity contribution in [2.75, 3.05) is 25.0 Å². The molecule has 1 unspecified atom stereocenters. The first-order valence-corrected chi connectivity index (χ1v) is 7.77. The molecular formula is C15H21BrN2O2. The molecule has 20 heavy (non-hydrogen) atoms. The zero-order chi connectivity index (χ0) is 14.7. The van der Waals surface area contributed by atoms with Gasteiger partial charge in [0, 0.05) is 29.3 Å². The molecule has 2 N–H and O–H groups in total. The molecule has 0 radical (unpaired) electrons. The molecule has 0 aromatic heterocycles. The van der Waals surface area contributed by atoms with Crippen molar-refractivity contribution >= 4 is 27.6 Å². The molecule has 0 aliphatic carbocycles. The van der Waals surface area contributed by atoms with E-state index in [2.05, 4.69) is 40.0 Å². The third-order valence-electron chi connectivity index (χ3n) is 3.84. The number of carboxylic acid groups (broad SMARTS) is 1. The Morgan fingerprint density at radius 2 is 2.30 bits per heavy atom. The number of anilines is 1. The first-order chi connectivity index (χ1) is 9.47. The van der Waals surface area contributed by atoms with Crippen LogP contribution in [-0.2, 0) is 0 Å². The second-order valence-corrected chi connectivity index (χ2v) is 6.48. The number of carbonyl (C=O) groups is 1. The summed E-state index contributed by atoms with van der Waals surface area (Å²) in [5.41, 5.74) is 1.26. The van der Waals surface area contributed by atoms with Crippen molar-refractivity contribution < 1.29 is 9.90 Å². The van der Waals surface area contributed by atoms with Crippen molar-refractivity contribution in [2.24, 2.45) is 5.92 Å². The normalized spacial score (nSPS) is 19.5. The summed E-state index contributed by atoms with van der Waals surface area (Å²) in [6.45, 7) is 7.71. The van der Waals surface area contributed by atoms with Crippen LogP contribution in [0, 0.1) is 5.92 Å². The van der Waals surface area contributed by atoms with Gasteiger partial charge in [0.15, 0.2) is 0 Å². The average Bonchev–Trinajstić information content (AvgIpc) is 2.85. The SMILES string of the molecule is CC(C)N1CCC(CNc2ccc(C(=O)O)c(Br)c2)C1. The minimum atomic E-state index is -0.910. The van der Waals surface area contributed by atoms with E-state index in [-0.39, 0.29) is 0 Å². The van der Waals surface area contributed by atoms with Crippen LogP contribution in [-0.4, -0.2) is 41.7 Å². The van der Waals surface area contributed by atoms with E-state index in [9.17, 15) is 4.79 Å². The lowest BCUT2D eigenvalue weighted by Crippen LogP contribution is -2.29. The van der Waals surface area contributed by atoms with Gasteiger partial charge in [0.1, 0.15) is 0 Å². The Balaban J connectivity index is 1.89. The number of carboxylic acids is 1. The second kappa shape index (κ2) is 6.59. The highest BCUT2D eigenvalue weighted by Crippen LogP contribution is 2.23. The number of likely N-dealkylation sites (tertiary alicyclic amines) is 1. The summed E-state index contributed by atoms with van der Waals surface area (Å²) in [6.07, 6.45) is 1.22. The molecule has 4 nitrogen and oxygen atoms in total. The molecular weight excluding hydrogens is 320 g/mol. The average molecular weight is 341 g/mol. The Kier molecular flexibility index (Phi) is 5.05. The van der Waals surface area contributed by atoms with E-state index < -0.39 is 5.97 Å². The van der Waals surface area contributed by atoms with Gasteiger partial charge in [0.05, 0.1) is 5.56 Å². The molecule has 1 aromatic carbocycles. The monoisotopic (exact) mass is 340 g/mol. The third kappa shape index (κ3) is 3.73. The van der Waals surface area contributed by atoms with Crippen molar-refractivity contribution in [2.45, 2.75) is 26.3 Å². The van der Waals surface area contributed by atoms with Gasteiger partial charge in [-0.2, -0.15) is 0 Å². The molecule has 1 heterocycles. The highest BCUT2D eigenvalue weighted by molar-refractivity contribution is 9.10. The van der Waals surface area contributed by atoms with Gasteiger partial charge >= 0.3 is 5.97 Å². The van der Waals surface area contributed by atoms with E-state index in [0.29, 0.717) is 22.0 Å². The van der Waals surface area contributed by atoms with Crippen LogP contribution in [0.15, 0.2) is 22.7 Å². The fraction of sp³-hybridized carbons (Fsp3) is 0.533. The Bertz CT molecular complexity index is 491. The van der Waals surface area contributed by atoms with E-state index in [1.807, 2.05) is 12.1 Å². The van der Waals surface area contributed by atoms with Gasteiger partial charge in [0.25, 0.3) is 0 Å². The minimum Gasteiger partial charge on any atom is -0.478 e. The Hall–Kier alpha value is -1.07. The van der Waals surface area contributed by atoms with Gasteiger partial charge in [-0.1, -0.05) is 0 Å². The van der Waals surface area contributed by atoms with E-state index in [1.165, 1.54) is 13.0 Å². The molecule has 1 aromatic rings. The fourth-order valence-corrected chi connectivity index (χ4v) is 3.11. The molecule has 0 amide bonds. The van der Waals surface area contributed by atoms with Crippen LogP contribution >= 0.6 is 15.9 Å². The summed E-state index contributed by atoms with van der Waals surface area (Å²) < 4.78 is 0.616. The number of rotatable bonds is 5. The Labute approximate surface area is 128 Å². The molecule has 1 atom stereocenters. The maximum Gasteiger partial charge on any atom is 0.336 e. The number of hydrogen-bond acceptors (Lipinski definition) is 3. The van der Waals surface area contributed by atoms with Crippen molar-refractivity contribution in [1.82, 2.24) is 4.90 Å². The molecule has 1 aliphatic heterocycles. The van der Waals surface area contributed by atoms with Gasteiger partial charge in [-0.25, -0.2) is 4.79 Å². The summed E-state index contributed by atoms with van der Waals surface area (Å²) in [5.74, 6) is -0.248. The van der Waals surface area contributed by atoms with Crippen LogP contribution in [0.2, 0.25) is 0 Å². The first kappa shape index (κ1) is 15.3. The van der Waals surface area contributed by atoms with Gasteiger partial charge < -0.3 is 15.3 Å². The number of benzene rings is 1. The number of nitrogens with one attached hydrogen (secondary N) is 1. The molecule has 0 saturated carbocycles. The van der Waals surface area contributed by atoms with E-state index in [0.717, 1.165) is 18.8 Å². The summed E-state index contributed by atoms with van der Waals surface area (Å²) in [7, 11) is 0. The topological polar surface area (TPSA) is 52.6 Å². The van der Waals surface area contributed by atoms with Gasteiger partial charge in [-0.15, -0.1) is 0 Å². The molecule has 2 rings (SSSR count). The molecule has 0 spiro atoms. The van der Waals surface area contributed by atoms with E-state index >= 15 is 0 Å². The molecule has 0 bridgehead atoms. The Morgan fingerprint density at radius 3 is 2.85 bits per heavy atom. The maximum atomic E-state index is 10.9. The number of halogens is 1. The summed E-state index contributed by atoms with van der Waals surface area (Å²) >= 11 is 3.30. The number of hydrogen-bond donors (Lipinski definition) is 2. The van der Waals surface area contributed by atoms with Crippen molar-refractivity contribution in [3.05, 3.63) is 28.2 Å². The van der Waals surface area contributed by atoms with E-state index in [4.69, 9.17) is 5.11 Å². The van der Waals surface area contributed by atoms with Crippen LogP contribution in [0.5, 0.6) is 0 Å². The predicted octanol–water partition coefficient (Wildman–Crippen LogP) is 3.29. The molecule has 1 saturated heterocycles. The lowest BCUT2D eigenvalue weighted by Gasteiger charge is -2.20. The second-order valence-electron chi connectivity index (χ2n) is 5.62. The largest absolute Gasteiger partial charge is 0.478 e. The first-order valence-electron chi connectivity index (χ1n) is 6.98. The number of aromatic carboxylic acids is 1. The fourth-order valence-electron chi connectivity index (χ4n) is 2.56. The maximum absolute atomic E-state index is 10.9. The zero-order valence-corrected chi connectivity index (χ0v) is 13.5. The van der Waals surface area contributed by atoms with Gasteiger partial charge in [-0.05, 0) is 66.9 Å². The third-order valence-corrected chi connectivity index (χ3v) is 4.50. The van der Waals surface area contributed by atoms with Crippen LogP contribution < -0.4 is 5.32 Å². The van der Waals surface area contributed by atoms with Gasteiger partial charge in [0.2, 0.25) is 0 Å². The zero-order valence-electron chi connectivity index (χ0n) is 11.9. The minimum absolute atomic E-state index is 0.294. The summed E-state index contributed by atoms with van der Waals surface area (Å²) in [4.78, 5) is 13.4. The Morgan fingerprint density at radius 1 is 1.55 bits per heavy atom. The van der Waals surface area contributed by atoms with Crippen molar-refractivity contribution in [1.29, 1.82) is 0 Å². The molecule has 110 valence electrons. The standard InChI is InChI=1S/C15H21BrN2O2/c1-10(2)18-6-5-11(9-18)8-17-12-3-4-13(15(19)20)14(16)7-12/h3-4,7,10-11,17H,5-6,8-9H2,1-2H3,(H,19,20). The van der Waals surface area contributed by atoms with Crippen LogP contribution in [0.25, 0.3) is 0 Å². The quantitative estimate of drug-likeness (QED) is 0.863. The lowest BCUT2D eigenvalue weighted by molar-refractivity contribution is 0.0696. The molecule has 1 fully saturated rings. The van der Waals surface area contributed by atoms with Crippen molar-refractivity contribution in [3.8, 4) is 0 Å². The summed E-state index contributed by atoms with van der Waals surface area (Å²) in [5, 5.41) is 12.4. The predicted molar refractivity (Wildman–Crippen MR) is 84.4 cm³/mol. The number of nitrogens with zero attached hydrogens (tertiary/aromatic N) is 1. The van der Waals surface area contributed by atoms with Crippen LogP contribution in [0.1, 0.15) is 30.6 Å². The molecule has 1 aliphatic rings. The smallest absolute Gasteiger partial charge is 0.336 e. The lowest BCUT2D eigenvalue weighted by atomic mass is 10.1. The van der Waals surface area contributed by atoms with Crippen LogP contribution in [0.4, 0.5) is 5.69 Å². The molecule has 5 heteroatoms.